The zero-order chi connectivity index (χ0) is 14.9. The van der Waals surface area contributed by atoms with Crippen molar-refractivity contribution in [1.29, 1.82) is 0 Å². The average Bonchev–Trinajstić information content (AvgIpc) is 2.70. The van der Waals surface area contributed by atoms with Gasteiger partial charge in [-0.1, -0.05) is 28.1 Å². The Morgan fingerprint density at radius 1 is 1.30 bits per heavy atom. The smallest absolute Gasteiger partial charge is 0.417 e. The van der Waals surface area contributed by atoms with Crippen molar-refractivity contribution in [3.63, 3.8) is 0 Å². The van der Waals surface area contributed by atoms with Crippen LogP contribution in [0.4, 0.5) is 4.79 Å². The SMILES string of the molecule is CC(C)(C)OC(=O)N1CC(c2ccc(Br)cc2)CC1=O. The van der Waals surface area contributed by atoms with Crippen molar-refractivity contribution in [2.24, 2.45) is 0 Å². The van der Waals surface area contributed by atoms with Crippen LogP contribution in [0.3, 0.4) is 0 Å². The van der Waals surface area contributed by atoms with E-state index in [-0.39, 0.29) is 11.8 Å². The molecule has 20 heavy (non-hydrogen) atoms. The first kappa shape index (κ1) is 15.0. The first-order valence-electron chi connectivity index (χ1n) is 6.55. The Morgan fingerprint density at radius 3 is 2.45 bits per heavy atom. The van der Waals surface area contributed by atoms with E-state index in [0.29, 0.717) is 13.0 Å². The van der Waals surface area contributed by atoms with Crippen molar-refractivity contribution in [1.82, 2.24) is 4.90 Å². The Bertz CT molecular complexity index is 519. The third kappa shape index (κ3) is 3.60. The average molecular weight is 340 g/mol. The predicted molar refractivity (Wildman–Crippen MR) is 79.4 cm³/mol. The van der Waals surface area contributed by atoms with Gasteiger partial charge < -0.3 is 4.74 Å². The van der Waals surface area contributed by atoms with Crippen LogP contribution in [-0.4, -0.2) is 29.0 Å². The minimum Gasteiger partial charge on any atom is -0.443 e. The number of nitrogens with zero attached hydrogens (tertiary/aromatic N) is 1. The molecule has 1 aliphatic rings. The molecule has 0 spiro atoms. The lowest BCUT2D eigenvalue weighted by Crippen LogP contribution is -2.37. The molecule has 1 atom stereocenters. The number of benzene rings is 1. The first-order chi connectivity index (χ1) is 9.26. The van der Waals surface area contributed by atoms with Crippen molar-refractivity contribution >= 4 is 27.9 Å². The Balaban J connectivity index is 2.07. The standard InChI is InChI=1S/C15H18BrNO3/c1-15(2,3)20-14(19)17-9-11(8-13(17)18)10-4-6-12(16)7-5-10/h4-7,11H,8-9H2,1-3H3. The molecule has 1 heterocycles. The van der Waals surface area contributed by atoms with Gasteiger partial charge in [0.25, 0.3) is 0 Å². The van der Waals surface area contributed by atoms with E-state index < -0.39 is 11.7 Å². The van der Waals surface area contributed by atoms with Crippen molar-refractivity contribution in [3.05, 3.63) is 34.3 Å². The minimum atomic E-state index is -0.590. The van der Waals surface area contributed by atoms with Crippen LogP contribution in [0.1, 0.15) is 38.7 Å². The molecule has 1 aliphatic heterocycles. The fourth-order valence-electron chi connectivity index (χ4n) is 2.16. The quantitative estimate of drug-likeness (QED) is 0.783. The highest BCUT2D eigenvalue weighted by molar-refractivity contribution is 9.10. The zero-order valence-electron chi connectivity index (χ0n) is 11.9. The summed E-state index contributed by atoms with van der Waals surface area (Å²) in [4.78, 5) is 25.2. The molecule has 5 heteroatoms. The molecule has 0 aromatic heterocycles. The molecule has 0 radical (unpaired) electrons. The number of carbonyl (C=O) groups excluding carboxylic acids is 2. The molecule has 2 rings (SSSR count). The summed E-state index contributed by atoms with van der Waals surface area (Å²) < 4.78 is 6.25. The van der Waals surface area contributed by atoms with Gasteiger partial charge in [0.15, 0.2) is 0 Å². The number of carbonyl (C=O) groups is 2. The van der Waals surface area contributed by atoms with Crippen molar-refractivity contribution < 1.29 is 14.3 Å². The van der Waals surface area contributed by atoms with Gasteiger partial charge in [-0.2, -0.15) is 0 Å². The van der Waals surface area contributed by atoms with E-state index in [1.807, 2.05) is 24.3 Å². The highest BCUT2D eigenvalue weighted by atomic mass is 79.9. The number of hydrogen-bond acceptors (Lipinski definition) is 3. The van der Waals surface area contributed by atoms with Crippen LogP contribution in [0.25, 0.3) is 0 Å². The molecule has 0 aliphatic carbocycles. The Labute approximate surface area is 127 Å². The summed E-state index contributed by atoms with van der Waals surface area (Å²) in [5.74, 6) is -0.129. The number of ether oxygens (including phenoxy) is 1. The van der Waals surface area contributed by atoms with Gasteiger partial charge >= 0.3 is 6.09 Å². The number of imide groups is 1. The van der Waals surface area contributed by atoms with Crippen LogP contribution >= 0.6 is 15.9 Å². The molecule has 0 bridgehead atoms. The maximum absolute atomic E-state index is 12.0. The number of rotatable bonds is 1. The number of likely N-dealkylation sites (tertiary alicyclic amines) is 1. The first-order valence-corrected chi connectivity index (χ1v) is 7.34. The van der Waals surface area contributed by atoms with Gasteiger partial charge in [0.05, 0.1) is 0 Å². The lowest BCUT2D eigenvalue weighted by Gasteiger charge is -2.23. The molecule has 1 aromatic rings. The summed E-state index contributed by atoms with van der Waals surface area (Å²) in [6.45, 7) is 5.75. The second-order valence-electron chi connectivity index (χ2n) is 5.94. The van der Waals surface area contributed by atoms with Crippen molar-refractivity contribution in [2.75, 3.05) is 6.54 Å². The van der Waals surface area contributed by atoms with Crippen molar-refractivity contribution in [2.45, 2.75) is 38.7 Å². The zero-order valence-corrected chi connectivity index (χ0v) is 13.4. The third-order valence-electron chi connectivity index (χ3n) is 3.08. The maximum Gasteiger partial charge on any atom is 0.417 e. The molecule has 2 amide bonds. The van der Waals surface area contributed by atoms with E-state index >= 15 is 0 Å². The fraction of sp³-hybridized carbons (Fsp3) is 0.467. The monoisotopic (exact) mass is 339 g/mol. The van der Waals surface area contributed by atoms with Crippen LogP contribution in [0.2, 0.25) is 0 Å². The highest BCUT2D eigenvalue weighted by Crippen LogP contribution is 2.30. The van der Waals surface area contributed by atoms with E-state index in [0.717, 1.165) is 10.0 Å². The summed E-state index contributed by atoms with van der Waals surface area (Å²) in [7, 11) is 0. The summed E-state index contributed by atoms with van der Waals surface area (Å²) in [5.41, 5.74) is 0.472. The van der Waals surface area contributed by atoms with Crippen LogP contribution in [0, 0.1) is 0 Å². The van der Waals surface area contributed by atoms with Gasteiger partial charge in [0.2, 0.25) is 5.91 Å². The van der Waals surface area contributed by atoms with E-state index in [9.17, 15) is 9.59 Å². The van der Waals surface area contributed by atoms with Crippen LogP contribution in [0.15, 0.2) is 28.7 Å². The summed E-state index contributed by atoms with van der Waals surface area (Å²) in [6.07, 6.45) is -0.206. The molecule has 1 fully saturated rings. The molecule has 108 valence electrons. The number of amides is 2. The summed E-state index contributed by atoms with van der Waals surface area (Å²) in [6, 6.07) is 7.83. The molecule has 1 unspecified atom stereocenters. The van der Waals surface area contributed by atoms with Gasteiger partial charge in [-0.3, -0.25) is 4.79 Å². The Morgan fingerprint density at radius 2 is 1.90 bits per heavy atom. The lowest BCUT2D eigenvalue weighted by atomic mass is 9.99. The van der Waals surface area contributed by atoms with Crippen LogP contribution < -0.4 is 0 Å². The van der Waals surface area contributed by atoms with Gasteiger partial charge in [-0.15, -0.1) is 0 Å². The van der Waals surface area contributed by atoms with E-state index in [2.05, 4.69) is 15.9 Å². The Hall–Kier alpha value is -1.36. The summed E-state index contributed by atoms with van der Waals surface area (Å²) >= 11 is 3.38. The summed E-state index contributed by atoms with van der Waals surface area (Å²) in [5, 5.41) is 0. The molecular formula is C15H18BrNO3. The lowest BCUT2D eigenvalue weighted by molar-refractivity contribution is -0.126. The van der Waals surface area contributed by atoms with Gasteiger partial charge in [0.1, 0.15) is 5.60 Å². The van der Waals surface area contributed by atoms with E-state index in [1.54, 1.807) is 20.8 Å². The van der Waals surface area contributed by atoms with E-state index in [1.165, 1.54) is 4.90 Å². The van der Waals surface area contributed by atoms with Gasteiger partial charge in [-0.05, 0) is 38.5 Å². The van der Waals surface area contributed by atoms with E-state index in [4.69, 9.17) is 4.74 Å². The largest absolute Gasteiger partial charge is 0.443 e. The topological polar surface area (TPSA) is 46.6 Å². The minimum absolute atomic E-state index is 0.0446. The number of halogens is 1. The molecule has 0 N–H and O–H groups in total. The van der Waals surface area contributed by atoms with Gasteiger partial charge in [0, 0.05) is 23.4 Å². The molecule has 1 aromatic carbocycles. The molecule has 1 saturated heterocycles. The second-order valence-corrected chi connectivity index (χ2v) is 6.85. The highest BCUT2D eigenvalue weighted by Gasteiger charge is 2.36. The van der Waals surface area contributed by atoms with Gasteiger partial charge in [-0.25, -0.2) is 9.69 Å². The van der Waals surface area contributed by atoms with Crippen LogP contribution in [0.5, 0.6) is 0 Å². The molecular weight excluding hydrogens is 322 g/mol. The second kappa shape index (κ2) is 5.56. The molecule has 4 nitrogen and oxygen atoms in total. The van der Waals surface area contributed by atoms with Crippen LogP contribution in [-0.2, 0) is 9.53 Å². The Kier molecular flexibility index (Phi) is 4.18. The normalized spacial score (nSPS) is 19.3. The fourth-order valence-corrected chi connectivity index (χ4v) is 2.42. The third-order valence-corrected chi connectivity index (χ3v) is 3.61. The number of hydrogen-bond donors (Lipinski definition) is 0. The maximum atomic E-state index is 12.0. The van der Waals surface area contributed by atoms with Crippen molar-refractivity contribution in [3.8, 4) is 0 Å². The predicted octanol–water partition coefficient (Wildman–Crippen LogP) is 3.70. The molecule has 0 saturated carbocycles.